The Balaban J connectivity index is 1.50. The van der Waals surface area contributed by atoms with Crippen LogP contribution in [0.15, 0.2) is 34.3 Å². The van der Waals surface area contributed by atoms with E-state index in [0.29, 0.717) is 24.2 Å². The molecular weight excluding hydrogens is 324 g/mol. The Morgan fingerprint density at radius 1 is 1.04 bits per heavy atom. The van der Waals surface area contributed by atoms with E-state index in [4.69, 9.17) is 4.74 Å². The third-order valence-corrected chi connectivity index (χ3v) is 6.94. The molecule has 0 amide bonds. The zero-order valence-electron chi connectivity index (χ0n) is 13.9. The van der Waals surface area contributed by atoms with Gasteiger partial charge in [-0.3, -0.25) is 0 Å². The smallest absolute Gasteiger partial charge is 0.276 e. The number of hydrazone groups is 1. The molecule has 5 rings (SSSR count). The average Bonchev–Trinajstić information content (AvgIpc) is 2.54. The maximum atomic E-state index is 12.5. The number of nitrogens with zero attached hydrogens (tertiary/aromatic N) is 1. The third kappa shape index (κ3) is 2.92. The van der Waals surface area contributed by atoms with E-state index in [1.54, 1.807) is 24.3 Å². The minimum absolute atomic E-state index is 0.221. The quantitative estimate of drug-likeness (QED) is 0.831. The van der Waals surface area contributed by atoms with Crippen molar-refractivity contribution in [1.29, 1.82) is 0 Å². The first-order valence-corrected chi connectivity index (χ1v) is 10.4. The van der Waals surface area contributed by atoms with Gasteiger partial charge in [-0.2, -0.15) is 13.5 Å². The molecule has 0 aromatic heterocycles. The number of rotatable bonds is 5. The number of hydrogen-bond donors (Lipinski definition) is 1. The lowest BCUT2D eigenvalue weighted by Crippen LogP contribution is -2.46. The second-order valence-electron chi connectivity index (χ2n) is 7.34. The molecule has 1 aromatic rings. The van der Waals surface area contributed by atoms with Gasteiger partial charge in [0.15, 0.2) is 0 Å². The molecule has 130 valence electrons. The lowest BCUT2D eigenvalue weighted by molar-refractivity contribution is 0.108. The Labute approximate surface area is 143 Å². The Kier molecular flexibility index (Phi) is 4.03. The fourth-order valence-corrected chi connectivity index (χ4v) is 5.72. The highest BCUT2D eigenvalue weighted by molar-refractivity contribution is 7.89. The van der Waals surface area contributed by atoms with E-state index in [0.717, 1.165) is 17.5 Å². The monoisotopic (exact) mass is 348 g/mol. The van der Waals surface area contributed by atoms with Crippen molar-refractivity contribution in [2.45, 2.75) is 43.9 Å². The van der Waals surface area contributed by atoms with Crippen molar-refractivity contribution >= 4 is 15.7 Å². The first-order valence-electron chi connectivity index (χ1n) is 8.87. The number of benzene rings is 1. The normalized spacial score (nSPS) is 31.1. The molecule has 6 heteroatoms. The lowest BCUT2D eigenvalue weighted by atomic mass is 9.55. The van der Waals surface area contributed by atoms with E-state index in [1.165, 1.54) is 32.1 Å². The molecule has 4 bridgehead atoms. The van der Waals surface area contributed by atoms with Crippen LogP contribution in [-0.4, -0.2) is 20.7 Å². The van der Waals surface area contributed by atoms with E-state index >= 15 is 0 Å². The highest BCUT2D eigenvalue weighted by atomic mass is 32.2. The van der Waals surface area contributed by atoms with Gasteiger partial charge in [0.2, 0.25) is 0 Å². The number of ether oxygens (including phenoxy) is 1. The third-order valence-electron chi connectivity index (χ3n) is 5.71. The molecule has 0 spiro atoms. The maximum Gasteiger partial charge on any atom is 0.276 e. The van der Waals surface area contributed by atoms with E-state index in [1.807, 2.05) is 6.92 Å². The summed E-state index contributed by atoms with van der Waals surface area (Å²) >= 11 is 0. The molecule has 0 radical (unpaired) electrons. The molecule has 0 aliphatic heterocycles. The van der Waals surface area contributed by atoms with Crippen LogP contribution in [0.25, 0.3) is 0 Å². The molecule has 4 saturated carbocycles. The SMILES string of the molecule is CCOc1ccc(S(=O)(=O)NN=C2C3CC4CC(C3)CC2C4)cc1. The molecule has 24 heavy (non-hydrogen) atoms. The largest absolute Gasteiger partial charge is 0.494 e. The molecule has 0 unspecified atom stereocenters. The highest BCUT2D eigenvalue weighted by Gasteiger charge is 2.46. The molecule has 5 nitrogen and oxygen atoms in total. The fourth-order valence-electron chi connectivity index (χ4n) is 4.90. The van der Waals surface area contributed by atoms with Crippen molar-refractivity contribution in [3.8, 4) is 5.75 Å². The first-order chi connectivity index (χ1) is 11.5. The van der Waals surface area contributed by atoms with Gasteiger partial charge in [0.05, 0.1) is 11.5 Å². The minimum Gasteiger partial charge on any atom is -0.494 e. The number of hydrogen-bond acceptors (Lipinski definition) is 4. The Morgan fingerprint density at radius 2 is 1.62 bits per heavy atom. The molecule has 1 aromatic carbocycles. The van der Waals surface area contributed by atoms with Crippen LogP contribution in [-0.2, 0) is 10.0 Å². The molecule has 0 saturated heterocycles. The van der Waals surface area contributed by atoms with Gasteiger partial charge >= 0.3 is 0 Å². The van der Waals surface area contributed by atoms with Gasteiger partial charge in [-0.1, -0.05) is 0 Å². The molecule has 0 atom stereocenters. The predicted molar refractivity (Wildman–Crippen MR) is 92.4 cm³/mol. The van der Waals surface area contributed by atoms with Crippen LogP contribution in [0.3, 0.4) is 0 Å². The van der Waals surface area contributed by atoms with Crippen molar-refractivity contribution in [3.63, 3.8) is 0 Å². The van der Waals surface area contributed by atoms with Crippen LogP contribution in [0.2, 0.25) is 0 Å². The lowest BCUT2D eigenvalue weighted by Gasteiger charge is -2.50. The molecule has 1 N–H and O–H groups in total. The van der Waals surface area contributed by atoms with Gasteiger partial charge in [-0.15, -0.1) is 0 Å². The summed E-state index contributed by atoms with van der Waals surface area (Å²) < 4.78 is 30.3. The molecule has 4 aliphatic rings. The fraction of sp³-hybridized carbons (Fsp3) is 0.611. The van der Waals surface area contributed by atoms with Gasteiger partial charge in [0, 0.05) is 5.71 Å². The Bertz CT molecular complexity index is 710. The van der Waals surface area contributed by atoms with Crippen LogP contribution in [0.5, 0.6) is 5.75 Å². The summed E-state index contributed by atoms with van der Waals surface area (Å²) in [7, 11) is -3.62. The number of nitrogens with one attached hydrogen (secondary N) is 1. The zero-order chi connectivity index (χ0) is 16.7. The van der Waals surface area contributed by atoms with Crippen molar-refractivity contribution in [2.24, 2.45) is 28.8 Å². The van der Waals surface area contributed by atoms with Gasteiger partial charge < -0.3 is 4.74 Å². The summed E-state index contributed by atoms with van der Waals surface area (Å²) in [4.78, 5) is 2.70. The van der Waals surface area contributed by atoms with Crippen molar-refractivity contribution in [3.05, 3.63) is 24.3 Å². The summed E-state index contributed by atoms with van der Waals surface area (Å²) in [6.07, 6.45) is 6.14. The standard InChI is InChI=1S/C18H24N2O3S/c1-2-23-16-3-5-17(6-4-16)24(21,22)20-19-18-14-8-12-7-13(10-14)11-15(18)9-12/h3-6,12-15,20H,2,7-11H2,1H3. The molecule has 0 heterocycles. The van der Waals surface area contributed by atoms with Crippen molar-refractivity contribution in [1.82, 2.24) is 4.83 Å². The van der Waals surface area contributed by atoms with Crippen LogP contribution in [0, 0.1) is 23.7 Å². The average molecular weight is 348 g/mol. The van der Waals surface area contributed by atoms with Gasteiger partial charge in [-0.05, 0) is 87.0 Å². The molecular formula is C18H24N2O3S. The topological polar surface area (TPSA) is 67.8 Å². The minimum atomic E-state index is -3.62. The second-order valence-corrected chi connectivity index (χ2v) is 9.00. The summed E-state index contributed by atoms with van der Waals surface area (Å²) in [5.41, 5.74) is 1.09. The van der Waals surface area contributed by atoms with Crippen LogP contribution in [0.1, 0.15) is 39.0 Å². The summed E-state index contributed by atoms with van der Waals surface area (Å²) in [5.74, 6) is 3.33. The Hall–Kier alpha value is -1.56. The summed E-state index contributed by atoms with van der Waals surface area (Å²) in [6.45, 7) is 2.45. The molecule has 4 fully saturated rings. The predicted octanol–water partition coefficient (Wildman–Crippen LogP) is 3.18. The van der Waals surface area contributed by atoms with Crippen LogP contribution < -0.4 is 9.57 Å². The van der Waals surface area contributed by atoms with Crippen molar-refractivity contribution < 1.29 is 13.2 Å². The second kappa shape index (κ2) is 6.06. The Morgan fingerprint density at radius 3 is 2.17 bits per heavy atom. The maximum absolute atomic E-state index is 12.5. The summed E-state index contributed by atoms with van der Waals surface area (Å²) in [5, 5.41) is 4.38. The summed E-state index contributed by atoms with van der Waals surface area (Å²) in [6, 6.07) is 6.47. The van der Waals surface area contributed by atoms with Gasteiger partial charge in [0.25, 0.3) is 10.0 Å². The first kappa shape index (κ1) is 15.9. The van der Waals surface area contributed by atoms with E-state index in [-0.39, 0.29) is 4.90 Å². The zero-order valence-corrected chi connectivity index (χ0v) is 14.8. The van der Waals surface area contributed by atoms with E-state index in [9.17, 15) is 8.42 Å². The van der Waals surface area contributed by atoms with Gasteiger partial charge in [0.1, 0.15) is 5.75 Å². The highest BCUT2D eigenvalue weighted by Crippen LogP contribution is 2.52. The van der Waals surface area contributed by atoms with Gasteiger partial charge in [-0.25, -0.2) is 4.83 Å². The van der Waals surface area contributed by atoms with Crippen LogP contribution >= 0.6 is 0 Å². The van der Waals surface area contributed by atoms with E-state index in [2.05, 4.69) is 9.93 Å². The van der Waals surface area contributed by atoms with E-state index < -0.39 is 10.0 Å². The van der Waals surface area contributed by atoms with Crippen LogP contribution in [0.4, 0.5) is 0 Å². The van der Waals surface area contributed by atoms with Crippen molar-refractivity contribution in [2.75, 3.05) is 6.61 Å². The molecule has 4 aliphatic carbocycles. The number of sulfonamides is 1.